The average Bonchev–Trinajstić information content (AvgIpc) is 2.46. The fourth-order valence-electron chi connectivity index (χ4n) is 3.21. The molecule has 0 spiro atoms. The maximum Gasteiger partial charge on any atom is 0.122 e. The Bertz CT molecular complexity index is 431. The minimum absolute atomic E-state index is 0.516. The van der Waals surface area contributed by atoms with Crippen molar-refractivity contribution in [2.75, 3.05) is 20.2 Å². The molecule has 1 heterocycles. The summed E-state index contributed by atoms with van der Waals surface area (Å²) in [5.41, 5.74) is 2.77. The summed E-state index contributed by atoms with van der Waals surface area (Å²) in [5, 5.41) is 0. The molecule has 0 unspecified atom stereocenters. The van der Waals surface area contributed by atoms with E-state index in [0.29, 0.717) is 17.9 Å². The summed E-state index contributed by atoms with van der Waals surface area (Å²) in [6.45, 7) is 11.5. The predicted molar refractivity (Wildman–Crippen MR) is 85.8 cm³/mol. The van der Waals surface area contributed by atoms with Crippen LogP contribution in [0, 0.1) is 0 Å². The molecule has 1 aromatic carbocycles. The van der Waals surface area contributed by atoms with Gasteiger partial charge in [-0.15, -0.1) is 0 Å². The number of methoxy groups -OCH3 is 1. The van der Waals surface area contributed by atoms with Gasteiger partial charge in [-0.2, -0.15) is 0 Å². The Balaban J connectivity index is 2.10. The van der Waals surface area contributed by atoms with Crippen LogP contribution >= 0.6 is 0 Å². The SMILES string of the molecule is COc1cc(C2CCN(C(C)C)CC2)ccc1C(C)C. The highest BCUT2D eigenvalue weighted by molar-refractivity contribution is 5.40. The van der Waals surface area contributed by atoms with Gasteiger partial charge in [-0.1, -0.05) is 26.0 Å². The number of hydrogen-bond acceptors (Lipinski definition) is 2. The van der Waals surface area contributed by atoms with Crippen molar-refractivity contribution in [1.82, 2.24) is 4.90 Å². The average molecular weight is 275 g/mol. The molecule has 1 fully saturated rings. The zero-order chi connectivity index (χ0) is 14.7. The Morgan fingerprint density at radius 2 is 1.75 bits per heavy atom. The van der Waals surface area contributed by atoms with Gasteiger partial charge in [-0.05, 0) is 68.8 Å². The van der Waals surface area contributed by atoms with Gasteiger partial charge < -0.3 is 9.64 Å². The highest BCUT2D eigenvalue weighted by Crippen LogP contribution is 2.34. The Morgan fingerprint density at radius 3 is 2.25 bits per heavy atom. The minimum atomic E-state index is 0.516. The lowest BCUT2D eigenvalue weighted by molar-refractivity contribution is 0.172. The van der Waals surface area contributed by atoms with Crippen molar-refractivity contribution in [3.8, 4) is 5.75 Å². The van der Waals surface area contributed by atoms with Crippen molar-refractivity contribution in [1.29, 1.82) is 0 Å². The normalized spacial score (nSPS) is 17.9. The number of hydrogen-bond donors (Lipinski definition) is 0. The first-order valence-electron chi connectivity index (χ1n) is 7.94. The first kappa shape index (κ1) is 15.4. The van der Waals surface area contributed by atoms with Crippen LogP contribution in [0.5, 0.6) is 5.75 Å². The van der Waals surface area contributed by atoms with Crippen molar-refractivity contribution in [2.24, 2.45) is 0 Å². The van der Waals surface area contributed by atoms with Gasteiger partial charge in [-0.25, -0.2) is 0 Å². The summed E-state index contributed by atoms with van der Waals surface area (Å²) in [6, 6.07) is 7.51. The van der Waals surface area contributed by atoms with Crippen molar-refractivity contribution in [3.05, 3.63) is 29.3 Å². The summed E-state index contributed by atoms with van der Waals surface area (Å²) in [4.78, 5) is 2.58. The van der Waals surface area contributed by atoms with Gasteiger partial charge in [0, 0.05) is 6.04 Å². The fourth-order valence-corrected chi connectivity index (χ4v) is 3.21. The molecule has 0 atom stereocenters. The Hall–Kier alpha value is -1.02. The second-order valence-corrected chi connectivity index (χ2v) is 6.56. The smallest absolute Gasteiger partial charge is 0.122 e. The third-order valence-electron chi connectivity index (χ3n) is 4.61. The Morgan fingerprint density at radius 1 is 1.10 bits per heavy atom. The molecule has 1 aromatic rings. The zero-order valence-electron chi connectivity index (χ0n) is 13.6. The number of ether oxygens (including phenoxy) is 1. The van der Waals surface area contributed by atoms with Gasteiger partial charge in [0.1, 0.15) is 5.75 Å². The van der Waals surface area contributed by atoms with Crippen LogP contribution in [0.15, 0.2) is 18.2 Å². The lowest BCUT2D eigenvalue weighted by atomic mass is 9.87. The van der Waals surface area contributed by atoms with E-state index in [-0.39, 0.29) is 0 Å². The zero-order valence-corrected chi connectivity index (χ0v) is 13.6. The van der Waals surface area contributed by atoms with E-state index >= 15 is 0 Å². The molecule has 1 saturated heterocycles. The van der Waals surface area contributed by atoms with E-state index in [9.17, 15) is 0 Å². The standard InChI is InChI=1S/C18H29NO/c1-13(2)17-7-6-16(12-18(17)20-5)15-8-10-19(11-9-15)14(3)4/h6-7,12-15H,8-11H2,1-5H3. The van der Waals surface area contributed by atoms with E-state index in [1.54, 1.807) is 7.11 Å². The second-order valence-electron chi connectivity index (χ2n) is 6.56. The molecule has 0 bridgehead atoms. The highest BCUT2D eigenvalue weighted by atomic mass is 16.5. The maximum atomic E-state index is 5.59. The lowest BCUT2D eigenvalue weighted by Crippen LogP contribution is -2.37. The third kappa shape index (κ3) is 3.35. The molecule has 1 aliphatic rings. The molecule has 0 saturated carbocycles. The molecule has 0 radical (unpaired) electrons. The second kappa shape index (κ2) is 6.62. The highest BCUT2D eigenvalue weighted by Gasteiger charge is 2.22. The van der Waals surface area contributed by atoms with Crippen molar-refractivity contribution < 1.29 is 4.74 Å². The van der Waals surface area contributed by atoms with E-state index in [0.717, 1.165) is 5.75 Å². The van der Waals surface area contributed by atoms with Crippen molar-refractivity contribution >= 4 is 0 Å². The van der Waals surface area contributed by atoms with Crippen LogP contribution in [-0.4, -0.2) is 31.1 Å². The van der Waals surface area contributed by atoms with Crippen molar-refractivity contribution in [2.45, 2.75) is 58.4 Å². The molecule has 1 aliphatic heterocycles. The van der Waals surface area contributed by atoms with E-state index in [1.165, 1.54) is 37.1 Å². The lowest BCUT2D eigenvalue weighted by Gasteiger charge is -2.35. The minimum Gasteiger partial charge on any atom is -0.496 e. The molecule has 2 rings (SSSR count). The van der Waals surface area contributed by atoms with E-state index in [1.807, 2.05) is 0 Å². The Kier molecular flexibility index (Phi) is 5.09. The van der Waals surface area contributed by atoms with Gasteiger partial charge in [0.05, 0.1) is 7.11 Å². The number of likely N-dealkylation sites (tertiary alicyclic amines) is 1. The molecule has 20 heavy (non-hydrogen) atoms. The Labute approximate surface area is 124 Å². The first-order chi connectivity index (χ1) is 9.52. The van der Waals surface area contributed by atoms with Gasteiger partial charge in [0.15, 0.2) is 0 Å². The van der Waals surface area contributed by atoms with Crippen LogP contribution in [0.1, 0.15) is 63.5 Å². The molecular weight excluding hydrogens is 246 g/mol. The van der Waals surface area contributed by atoms with Crippen LogP contribution in [0.25, 0.3) is 0 Å². The summed E-state index contributed by atoms with van der Waals surface area (Å²) in [5.74, 6) is 2.27. The van der Waals surface area contributed by atoms with Crippen LogP contribution in [-0.2, 0) is 0 Å². The number of piperidine rings is 1. The van der Waals surface area contributed by atoms with Gasteiger partial charge in [0.25, 0.3) is 0 Å². The van der Waals surface area contributed by atoms with Gasteiger partial charge >= 0.3 is 0 Å². The molecule has 0 aromatic heterocycles. The van der Waals surface area contributed by atoms with E-state index in [4.69, 9.17) is 4.74 Å². The third-order valence-corrected chi connectivity index (χ3v) is 4.61. The quantitative estimate of drug-likeness (QED) is 0.807. The van der Waals surface area contributed by atoms with Gasteiger partial charge in [-0.3, -0.25) is 0 Å². The number of benzene rings is 1. The molecule has 2 nitrogen and oxygen atoms in total. The summed E-state index contributed by atoms with van der Waals surface area (Å²) in [6.07, 6.45) is 2.53. The van der Waals surface area contributed by atoms with Crippen LogP contribution in [0.2, 0.25) is 0 Å². The van der Waals surface area contributed by atoms with E-state index in [2.05, 4.69) is 50.8 Å². The molecule has 2 heteroatoms. The van der Waals surface area contributed by atoms with Gasteiger partial charge in [0.2, 0.25) is 0 Å². The summed E-state index contributed by atoms with van der Waals surface area (Å²) in [7, 11) is 1.78. The molecule has 0 aliphatic carbocycles. The van der Waals surface area contributed by atoms with Crippen molar-refractivity contribution in [3.63, 3.8) is 0 Å². The first-order valence-corrected chi connectivity index (χ1v) is 7.94. The molecule has 0 amide bonds. The summed E-state index contributed by atoms with van der Waals surface area (Å²) >= 11 is 0. The van der Waals surface area contributed by atoms with Crippen LogP contribution in [0.4, 0.5) is 0 Å². The molecular formula is C18H29NO. The largest absolute Gasteiger partial charge is 0.496 e. The van der Waals surface area contributed by atoms with Crippen LogP contribution < -0.4 is 4.74 Å². The topological polar surface area (TPSA) is 12.5 Å². The molecule has 0 N–H and O–H groups in total. The van der Waals surface area contributed by atoms with Crippen LogP contribution in [0.3, 0.4) is 0 Å². The van der Waals surface area contributed by atoms with E-state index < -0.39 is 0 Å². The predicted octanol–water partition coefficient (Wildman–Crippen LogP) is 4.41. The fraction of sp³-hybridized carbons (Fsp3) is 0.667. The number of rotatable bonds is 4. The number of nitrogens with zero attached hydrogens (tertiary/aromatic N) is 1. The summed E-state index contributed by atoms with van der Waals surface area (Å²) < 4.78 is 5.59. The maximum absolute atomic E-state index is 5.59. The molecule has 112 valence electrons. The monoisotopic (exact) mass is 275 g/mol.